The lowest BCUT2D eigenvalue weighted by molar-refractivity contribution is -0.143. The van der Waals surface area contributed by atoms with Gasteiger partial charge in [0.1, 0.15) is 0 Å². The Labute approximate surface area is 173 Å². The minimum Gasteiger partial charge on any atom is -0.368 e. The fourth-order valence-electron chi connectivity index (χ4n) is 3.67. The van der Waals surface area contributed by atoms with Crippen molar-refractivity contribution in [2.75, 3.05) is 48.3 Å². The van der Waals surface area contributed by atoms with E-state index >= 15 is 0 Å². The van der Waals surface area contributed by atoms with Crippen LogP contribution >= 0.6 is 11.6 Å². The van der Waals surface area contributed by atoms with Gasteiger partial charge in [0.25, 0.3) is 0 Å². The molecule has 0 spiro atoms. The summed E-state index contributed by atoms with van der Waals surface area (Å²) in [6.07, 6.45) is 0.358. The predicted octanol–water partition coefficient (Wildman–Crippen LogP) is 2.15. The van der Waals surface area contributed by atoms with Crippen LogP contribution in [0.1, 0.15) is 5.56 Å². The number of nitrogens with zero attached hydrogens (tertiary/aromatic N) is 3. The molecule has 1 N–H and O–H groups in total. The molecule has 0 saturated carbocycles. The molecule has 7 nitrogen and oxygen atoms in total. The summed E-state index contributed by atoms with van der Waals surface area (Å²) in [5.74, 6) is -1.21. The summed E-state index contributed by atoms with van der Waals surface area (Å²) < 4.78 is 0. The Kier molecular flexibility index (Phi) is 5.15. The van der Waals surface area contributed by atoms with Crippen LogP contribution in [0.3, 0.4) is 0 Å². The highest BCUT2D eigenvalue weighted by Gasteiger charge is 2.28. The van der Waals surface area contributed by atoms with Gasteiger partial charge in [0.05, 0.1) is 6.42 Å². The molecular formula is C21H21ClN4O3. The first kappa shape index (κ1) is 19.3. The van der Waals surface area contributed by atoms with Crippen LogP contribution in [-0.4, -0.2) is 55.8 Å². The SMILES string of the molecule is CN1C(=O)Cc2ccc(NC(=O)C(=O)N3CCN(c4ccc(Cl)cc4)CC3)cc21. The number of fused-ring (bicyclic) bond motifs is 1. The van der Waals surface area contributed by atoms with Crippen molar-refractivity contribution in [3.63, 3.8) is 0 Å². The molecule has 0 radical (unpaired) electrons. The molecule has 2 aliphatic heterocycles. The fraction of sp³-hybridized carbons (Fsp3) is 0.286. The lowest BCUT2D eigenvalue weighted by Crippen LogP contribution is -2.51. The number of benzene rings is 2. The normalized spacial score (nSPS) is 16.1. The molecule has 2 aromatic rings. The third-order valence-electron chi connectivity index (χ3n) is 5.37. The fourth-order valence-corrected chi connectivity index (χ4v) is 3.79. The van der Waals surface area contributed by atoms with Gasteiger partial charge in [-0.3, -0.25) is 14.4 Å². The highest BCUT2D eigenvalue weighted by atomic mass is 35.5. The average Bonchev–Trinajstić information content (AvgIpc) is 3.02. The molecule has 1 fully saturated rings. The lowest BCUT2D eigenvalue weighted by Gasteiger charge is -2.35. The maximum atomic E-state index is 12.6. The quantitative estimate of drug-likeness (QED) is 0.767. The number of amides is 3. The first-order chi connectivity index (χ1) is 13.9. The molecule has 3 amide bonds. The summed E-state index contributed by atoms with van der Waals surface area (Å²) in [5.41, 5.74) is 3.23. The van der Waals surface area contributed by atoms with E-state index in [9.17, 15) is 14.4 Å². The van der Waals surface area contributed by atoms with Gasteiger partial charge in [-0.05, 0) is 42.0 Å². The molecule has 0 aromatic heterocycles. The number of hydrogen-bond donors (Lipinski definition) is 1. The van der Waals surface area contributed by atoms with Crippen LogP contribution in [0.4, 0.5) is 17.1 Å². The summed E-state index contributed by atoms with van der Waals surface area (Å²) in [6, 6.07) is 12.8. The predicted molar refractivity (Wildman–Crippen MR) is 112 cm³/mol. The molecule has 4 rings (SSSR count). The molecule has 2 heterocycles. The van der Waals surface area contributed by atoms with Crippen LogP contribution in [0.2, 0.25) is 5.02 Å². The number of piperazine rings is 1. The van der Waals surface area contributed by atoms with Crippen LogP contribution in [-0.2, 0) is 20.8 Å². The van der Waals surface area contributed by atoms with E-state index < -0.39 is 11.8 Å². The van der Waals surface area contributed by atoms with Gasteiger partial charge in [-0.1, -0.05) is 17.7 Å². The molecule has 2 aromatic carbocycles. The number of anilines is 3. The number of nitrogens with one attached hydrogen (secondary N) is 1. The van der Waals surface area contributed by atoms with E-state index in [0.29, 0.717) is 43.3 Å². The van der Waals surface area contributed by atoms with Gasteiger partial charge in [-0.2, -0.15) is 0 Å². The zero-order chi connectivity index (χ0) is 20.5. The van der Waals surface area contributed by atoms with Crippen molar-refractivity contribution in [2.45, 2.75) is 6.42 Å². The Morgan fingerprint density at radius 1 is 1.00 bits per heavy atom. The minimum absolute atomic E-state index is 0.0121. The van der Waals surface area contributed by atoms with Crippen molar-refractivity contribution in [1.29, 1.82) is 0 Å². The highest BCUT2D eigenvalue weighted by molar-refractivity contribution is 6.39. The third-order valence-corrected chi connectivity index (χ3v) is 5.63. The Hall–Kier alpha value is -3.06. The van der Waals surface area contributed by atoms with Gasteiger partial charge >= 0.3 is 11.8 Å². The van der Waals surface area contributed by atoms with Crippen molar-refractivity contribution < 1.29 is 14.4 Å². The monoisotopic (exact) mass is 412 g/mol. The minimum atomic E-state index is -0.670. The Morgan fingerprint density at radius 3 is 2.38 bits per heavy atom. The average molecular weight is 413 g/mol. The molecule has 8 heteroatoms. The van der Waals surface area contributed by atoms with Crippen LogP contribution in [0.15, 0.2) is 42.5 Å². The Bertz CT molecular complexity index is 968. The van der Waals surface area contributed by atoms with Crippen LogP contribution in [0.5, 0.6) is 0 Å². The summed E-state index contributed by atoms with van der Waals surface area (Å²) in [5, 5.41) is 3.34. The smallest absolute Gasteiger partial charge is 0.313 e. The second-order valence-electron chi connectivity index (χ2n) is 7.18. The van der Waals surface area contributed by atoms with E-state index in [1.165, 1.54) is 0 Å². The summed E-state index contributed by atoms with van der Waals surface area (Å²) in [4.78, 5) is 42.1. The van der Waals surface area contributed by atoms with Gasteiger partial charge in [-0.25, -0.2) is 0 Å². The zero-order valence-corrected chi connectivity index (χ0v) is 16.8. The molecule has 1 saturated heterocycles. The maximum Gasteiger partial charge on any atom is 0.313 e. The molecule has 0 bridgehead atoms. The van der Waals surface area contributed by atoms with Crippen molar-refractivity contribution in [3.05, 3.63) is 53.1 Å². The molecule has 0 unspecified atom stereocenters. The largest absolute Gasteiger partial charge is 0.368 e. The summed E-state index contributed by atoms with van der Waals surface area (Å²) >= 11 is 5.93. The number of rotatable bonds is 2. The van der Waals surface area contributed by atoms with Crippen molar-refractivity contribution in [3.8, 4) is 0 Å². The molecule has 2 aliphatic rings. The van der Waals surface area contributed by atoms with E-state index in [1.807, 2.05) is 30.3 Å². The third kappa shape index (κ3) is 3.91. The Morgan fingerprint density at radius 2 is 1.69 bits per heavy atom. The van der Waals surface area contributed by atoms with Crippen LogP contribution in [0, 0.1) is 0 Å². The van der Waals surface area contributed by atoms with Crippen LogP contribution < -0.4 is 15.1 Å². The number of hydrogen-bond acceptors (Lipinski definition) is 4. The summed E-state index contributed by atoms with van der Waals surface area (Å²) in [7, 11) is 1.70. The van der Waals surface area contributed by atoms with Crippen LogP contribution in [0.25, 0.3) is 0 Å². The number of carbonyl (C=O) groups excluding carboxylic acids is 3. The van der Waals surface area contributed by atoms with E-state index in [-0.39, 0.29) is 5.91 Å². The lowest BCUT2D eigenvalue weighted by atomic mass is 10.1. The standard InChI is InChI=1S/C21H21ClN4O3/c1-24-18-13-16(5-2-14(18)12-19(24)27)23-20(28)21(29)26-10-8-25(9-11-26)17-6-3-15(22)4-7-17/h2-7,13H,8-12H2,1H3,(H,23,28). The van der Waals surface area contributed by atoms with Gasteiger partial charge in [0.15, 0.2) is 0 Å². The number of halogens is 1. The molecular weight excluding hydrogens is 392 g/mol. The highest BCUT2D eigenvalue weighted by Crippen LogP contribution is 2.30. The first-order valence-corrected chi connectivity index (χ1v) is 9.80. The number of likely N-dealkylation sites (N-methyl/N-ethyl adjacent to an activating group) is 1. The van der Waals surface area contributed by atoms with E-state index in [1.54, 1.807) is 29.0 Å². The Balaban J connectivity index is 1.35. The van der Waals surface area contributed by atoms with Gasteiger partial charge < -0.3 is 20.0 Å². The van der Waals surface area contributed by atoms with Gasteiger partial charge in [-0.15, -0.1) is 0 Å². The summed E-state index contributed by atoms with van der Waals surface area (Å²) in [6.45, 7) is 2.23. The van der Waals surface area contributed by atoms with E-state index in [0.717, 1.165) is 16.9 Å². The second kappa shape index (κ2) is 7.75. The molecule has 0 aliphatic carbocycles. The molecule has 29 heavy (non-hydrogen) atoms. The first-order valence-electron chi connectivity index (χ1n) is 9.42. The van der Waals surface area contributed by atoms with E-state index in [2.05, 4.69) is 10.2 Å². The van der Waals surface area contributed by atoms with Gasteiger partial charge in [0.2, 0.25) is 5.91 Å². The maximum absolute atomic E-state index is 12.6. The van der Waals surface area contributed by atoms with Crippen molar-refractivity contribution in [1.82, 2.24) is 4.90 Å². The molecule has 150 valence electrons. The zero-order valence-electron chi connectivity index (χ0n) is 16.0. The van der Waals surface area contributed by atoms with Crippen molar-refractivity contribution in [2.24, 2.45) is 0 Å². The van der Waals surface area contributed by atoms with Crippen molar-refractivity contribution >= 4 is 46.4 Å². The topological polar surface area (TPSA) is 73.0 Å². The number of carbonyl (C=O) groups is 3. The molecule has 0 atom stereocenters. The second-order valence-corrected chi connectivity index (χ2v) is 7.62. The van der Waals surface area contributed by atoms with E-state index in [4.69, 9.17) is 11.6 Å². The van der Waals surface area contributed by atoms with Gasteiger partial charge in [0, 0.05) is 55.3 Å².